The third-order valence-electron chi connectivity index (χ3n) is 4.39. The third-order valence-corrected chi connectivity index (χ3v) is 4.39. The van der Waals surface area contributed by atoms with Gasteiger partial charge in [0.25, 0.3) is 0 Å². The zero-order chi connectivity index (χ0) is 15.9. The molecule has 6 nitrogen and oxygen atoms in total. The number of rotatable bonds is 7. The van der Waals surface area contributed by atoms with E-state index in [1.54, 1.807) is 11.0 Å². The molecule has 1 aliphatic rings. The van der Waals surface area contributed by atoms with Crippen LogP contribution in [0, 0.1) is 11.8 Å². The van der Waals surface area contributed by atoms with Gasteiger partial charge in [-0.2, -0.15) is 5.10 Å². The Hall–Kier alpha value is -1.43. The molecule has 1 atom stereocenters. The molecule has 1 aliphatic heterocycles. The molecule has 0 spiro atoms. The smallest absolute Gasteiger partial charge is 0.222 e. The van der Waals surface area contributed by atoms with Gasteiger partial charge in [0.2, 0.25) is 5.91 Å². The summed E-state index contributed by atoms with van der Waals surface area (Å²) in [5.74, 6) is 1.09. The monoisotopic (exact) mass is 308 g/mol. The molecule has 1 fully saturated rings. The topological polar surface area (TPSA) is 71.2 Å². The van der Waals surface area contributed by atoms with E-state index in [0.29, 0.717) is 18.3 Å². The van der Waals surface area contributed by atoms with E-state index in [1.807, 2.05) is 4.90 Å². The first kappa shape index (κ1) is 16.9. The number of hydrogen-bond donors (Lipinski definition) is 1. The maximum atomic E-state index is 12.2. The highest BCUT2D eigenvalue weighted by Gasteiger charge is 2.27. The summed E-state index contributed by atoms with van der Waals surface area (Å²) in [5, 5.41) is 14.2. The van der Waals surface area contributed by atoms with Gasteiger partial charge < -0.3 is 10.0 Å². The Balaban J connectivity index is 1.66. The van der Waals surface area contributed by atoms with E-state index in [2.05, 4.69) is 23.9 Å². The minimum absolute atomic E-state index is 0.218. The number of likely N-dealkylation sites (tertiary alicyclic amines) is 1. The standard InChI is InChI=1S/C16H28N4O2/c1-13(2)10-15(21)14-5-8-19(9-6-14)16(22)4-3-7-20-12-17-11-18-20/h11-15,21H,3-10H2,1-2H3. The number of aliphatic hydroxyl groups is 1. The Morgan fingerprint density at radius 1 is 1.36 bits per heavy atom. The molecule has 1 N–H and O–H groups in total. The van der Waals surface area contributed by atoms with E-state index in [-0.39, 0.29) is 12.0 Å². The number of aromatic nitrogens is 3. The van der Waals surface area contributed by atoms with Gasteiger partial charge in [-0.25, -0.2) is 4.98 Å². The van der Waals surface area contributed by atoms with Crippen molar-refractivity contribution in [1.29, 1.82) is 0 Å². The van der Waals surface area contributed by atoms with Crippen molar-refractivity contribution in [2.45, 2.75) is 58.6 Å². The van der Waals surface area contributed by atoms with Crippen LogP contribution in [0.1, 0.15) is 46.0 Å². The lowest BCUT2D eigenvalue weighted by Gasteiger charge is -2.34. The van der Waals surface area contributed by atoms with E-state index in [1.165, 1.54) is 6.33 Å². The van der Waals surface area contributed by atoms with E-state index in [0.717, 1.165) is 45.3 Å². The molecule has 1 aromatic rings. The van der Waals surface area contributed by atoms with Crippen LogP contribution in [0.15, 0.2) is 12.7 Å². The summed E-state index contributed by atoms with van der Waals surface area (Å²) in [4.78, 5) is 18.0. The minimum Gasteiger partial charge on any atom is -0.393 e. The van der Waals surface area contributed by atoms with Gasteiger partial charge >= 0.3 is 0 Å². The van der Waals surface area contributed by atoms with Crippen LogP contribution in [0.4, 0.5) is 0 Å². The Morgan fingerprint density at radius 3 is 2.68 bits per heavy atom. The summed E-state index contributed by atoms with van der Waals surface area (Å²) in [6.45, 7) is 6.56. The first-order chi connectivity index (χ1) is 10.6. The second kappa shape index (κ2) is 8.27. The summed E-state index contributed by atoms with van der Waals surface area (Å²) >= 11 is 0. The summed E-state index contributed by atoms with van der Waals surface area (Å²) in [7, 11) is 0. The van der Waals surface area contributed by atoms with E-state index >= 15 is 0 Å². The van der Waals surface area contributed by atoms with Gasteiger partial charge in [0, 0.05) is 26.1 Å². The van der Waals surface area contributed by atoms with Gasteiger partial charge in [0.15, 0.2) is 0 Å². The molecule has 0 bridgehead atoms. The molecule has 0 saturated carbocycles. The number of aryl methyl sites for hydroxylation is 1. The molecule has 1 aromatic heterocycles. The molecular weight excluding hydrogens is 280 g/mol. The predicted molar refractivity (Wildman–Crippen MR) is 84.0 cm³/mol. The van der Waals surface area contributed by atoms with Crippen LogP contribution >= 0.6 is 0 Å². The van der Waals surface area contributed by atoms with E-state index in [9.17, 15) is 9.90 Å². The number of piperidine rings is 1. The van der Waals surface area contributed by atoms with Gasteiger partial charge in [-0.1, -0.05) is 13.8 Å². The van der Waals surface area contributed by atoms with Gasteiger partial charge in [-0.05, 0) is 37.5 Å². The van der Waals surface area contributed by atoms with E-state index in [4.69, 9.17) is 0 Å². The number of carbonyl (C=O) groups is 1. The maximum Gasteiger partial charge on any atom is 0.222 e. The highest BCUT2D eigenvalue weighted by Crippen LogP contribution is 2.24. The lowest BCUT2D eigenvalue weighted by atomic mass is 9.87. The van der Waals surface area contributed by atoms with Crippen LogP contribution < -0.4 is 0 Å². The van der Waals surface area contributed by atoms with Gasteiger partial charge in [-0.3, -0.25) is 9.48 Å². The molecule has 0 aliphatic carbocycles. The molecule has 1 unspecified atom stereocenters. The van der Waals surface area contributed by atoms with Crippen molar-refractivity contribution in [3.8, 4) is 0 Å². The van der Waals surface area contributed by atoms with Gasteiger partial charge in [0.1, 0.15) is 12.7 Å². The number of aliphatic hydroxyl groups excluding tert-OH is 1. The Labute approximate surface area is 132 Å². The highest BCUT2D eigenvalue weighted by atomic mass is 16.3. The molecule has 124 valence electrons. The van der Waals surface area contributed by atoms with Crippen LogP contribution in [0.5, 0.6) is 0 Å². The van der Waals surface area contributed by atoms with Crippen LogP contribution in [-0.4, -0.2) is 49.9 Å². The zero-order valence-corrected chi connectivity index (χ0v) is 13.7. The molecule has 2 heterocycles. The van der Waals surface area contributed by atoms with Crippen LogP contribution in [0.2, 0.25) is 0 Å². The molecule has 0 aromatic carbocycles. The average Bonchev–Trinajstić information content (AvgIpc) is 3.00. The second-order valence-corrected chi connectivity index (χ2v) is 6.68. The summed E-state index contributed by atoms with van der Waals surface area (Å²) in [5.41, 5.74) is 0. The molecule has 1 amide bonds. The van der Waals surface area contributed by atoms with Crippen molar-refractivity contribution in [1.82, 2.24) is 19.7 Å². The fourth-order valence-electron chi connectivity index (χ4n) is 3.11. The molecule has 0 radical (unpaired) electrons. The number of hydrogen-bond acceptors (Lipinski definition) is 4. The molecular formula is C16H28N4O2. The lowest BCUT2D eigenvalue weighted by molar-refractivity contribution is -0.133. The van der Waals surface area contributed by atoms with Gasteiger partial charge in [0.05, 0.1) is 6.10 Å². The normalized spacial score (nSPS) is 17.9. The largest absolute Gasteiger partial charge is 0.393 e. The van der Waals surface area contributed by atoms with E-state index < -0.39 is 0 Å². The van der Waals surface area contributed by atoms with Crippen molar-refractivity contribution in [2.75, 3.05) is 13.1 Å². The third kappa shape index (κ3) is 5.09. The quantitative estimate of drug-likeness (QED) is 0.832. The molecule has 1 saturated heterocycles. The number of carbonyl (C=O) groups excluding carboxylic acids is 1. The summed E-state index contributed by atoms with van der Waals surface area (Å²) in [6.07, 6.45) is 7.00. The van der Waals surface area contributed by atoms with Crippen molar-refractivity contribution >= 4 is 5.91 Å². The van der Waals surface area contributed by atoms with Crippen molar-refractivity contribution in [3.05, 3.63) is 12.7 Å². The summed E-state index contributed by atoms with van der Waals surface area (Å²) in [6, 6.07) is 0. The van der Waals surface area contributed by atoms with Crippen molar-refractivity contribution in [3.63, 3.8) is 0 Å². The Bertz CT molecular complexity index is 439. The lowest BCUT2D eigenvalue weighted by Crippen LogP contribution is -2.41. The molecule has 22 heavy (non-hydrogen) atoms. The predicted octanol–water partition coefficient (Wildman–Crippen LogP) is 1.70. The number of amides is 1. The van der Waals surface area contributed by atoms with Crippen LogP contribution in [0.25, 0.3) is 0 Å². The highest BCUT2D eigenvalue weighted by molar-refractivity contribution is 5.76. The maximum absolute atomic E-state index is 12.2. The van der Waals surface area contributed by atoms with Crippen molar-refractivity contribution in [2.24, 2.45) is 11.8 Å². The fourth-order valence-corrected chi connectivity index (χ4v) is 3.11. The van der Waals surface area contributed by atoms with Crippen molar-refractivity contribution < 1.29 is 9.90 Å². The molecule has 2 rings (SSSR count). The molecule has 6 heteroatoms. The first-order valence-corrected chi connectivity index (χ1v) is 8.34. The Morgan fingerprint density at radius 2 is 2.09 bits per heavy atom. The SMILES string of the molecule is CC(C)CC(O)C1CCN(C(=O)CCCn2cncn2)CC1. The van der Waals surface area contributed by atoms with Crippen LogP contribution in [0.3, 0.4) is 0 Å². The Kier molecular flexibility index (Phi) is 6.36. The minimum atomic E-state index is -0.218. The zero-order valence-electron chi connectivity index (χ0n) is 13.7. The average molecular weight is 308 g/mol. The fraction of sp³-hybridized carbons (Fsp3) is 0.812. The summed E-state index contributed by atoms with van der Waals surface area (Å²) < 4.78 is 1.75. The first-order valence-electron chi connectivity index (χ1n) is 8.34. The second-order valence-electron chi connectivity index (χ2n) is 6.68. The van der Waals surface area contributed by atoms with Gasteiger partial charge in [-0.15, -0.1) is 0 Å². The van der Waals surface area contributed by atoms with Crippen LogP contribution in [-0.2, 0) is 11.3 Å². The number of nitrogens with zero attached hydrogens (tertiary/aromatic N) is 4.